The van der Waals surface area contributed by atoms with Crippen molar-refractivity contribution in [2.24, 2.45) is 0 Å². The summed E-state index contributed by atoms with van der Waals surface area (Å²) in [5.41, 5.74) is 0.828. The highest BCUT2D eigenvalue weighted by molar-refractivity contribution is 7.89. The van der Waals surface area contributed by atoms with E-state index in [0.717, 1.165) is 6.42 Å². The van der Waals surface area contributed by atoms with Gasteiger partial charge in [0.05, 0.1) is 4.90 Å². The summed E-state index contributed by atoms with van der Waals surface area (Å²) in [6, 6.07) is 12.9. The second kappa shape index (κ2) is 7.96. The van der Waals surface area contributed by atoms with Gasteiger partial charge < -0.3 is 10.2 Å². The van der Waals surface area contributed by atoms with Crippen LogP contribution in [0.1, 0.15) is 44.0 Å². The van der Waals surface area contributed by atoms with Gasteiger partial charge in [-0.15, -0.1) is 0 Å². The Morgan fingerprint density at radius 1 is 1.07 bits per heavy atom. The lowest BCUT2D eigenvalue weighted by molar-refractivity contribution is -0.117. The Morgan fingerprint density at radius 3 is 2.45 bits per heavy atom. The van der Waals surface area contributed by atoms with Gasteiger partial charge in [-0.05, 0) is 63.6 Å². The molecular weight excluding hydrogens is 390 g/mol. The Bertz CT molecular complexity index is 1040. The molecule has 7 nitrogen and oxygen atoms in total. The maximum atomic E-state index is 12.7. The normalized spacial score (nSPS) is 14.9. The fourth-order valence-electron chi connectivity index (χ4n) is 3.14. The lowest BCUT2D eigenvalue weighted by Crippen LogP contribution is -2.40. The summed E-state index contributed by atoms with van der Waals surface area (Å²) in [5.74, 6) is -0.330. The summed E-state index contributed by atoms with van der Waals surface area (Å²) in [6.07, 6.45) is 1.32. The molecule has 29 heavy (non-hydrogen) atoms. The lowest BCUT2D eigenvalue weighted by atomic mass is 10.1. The topological polar surface area (TPSA) is 95.6 Å². The molecule has 0 aliphatic carbocycles. The second-order valence-electron chi connectivity index (χ2n) is 8.04. The quantitative estimate of drug-likeness (QED) is 0.784. The minimum Gasteiger partial charge on any atom is -0.322 e. The first kappa shape index (κ1) is 21.0. The summed E-state index contributed by atoms with van der Waals surface area (Å²) in [4.78, 5) is 26.4. The molecule has 3 rings (SSSR count). The molecule has 1 fully saturated rings. The number of nitrogens with one attached hydrogen (secondary N) is 2. The van der Waals surface area contributed by atoms with Crippen LogP contribution in [0, 0.1) is 0 Å². The van der Waals surface area contributed by atoms with Crippen molar-refractivity contribution in [2.75, 3.05) is 16.8 Å². The highest BCUT2D eigenvalue weighted by Gasteiger charge is 2.23. The third-order valence-corrected chi connectivity index (χ3v) is 6.09. The maximum absolute atomic E-state index is 12.7. The van der Waals surface area contributed by atoms with Crippen molar-refractivity contribution in [3.8, 4) is 0 Å². The Hall–Kier alpha value is -2.71. The van der Waals surface area contributed by atoms with Crippen LogP contribution in [0.3, 0.4) is 0 Å². The van der Waals surface area contributed by atoms with Gasteiger partial charge in [0.2, 0.25) is 15.9 Å². The van der Waals surface area contributed by atoms with E-state index in [1.807, 2.05) is 0 Å². The summed E-state index contributed by atoms with van der Waals surface area (Å²) >= 11 is 0. The van der Waals surface area contributed by atoms with Gasteiger partial charge in [0, 0.05) is 35.4 Å². The molecule has 2 amide bonds. The van der Waals surface area contributed by atoms with Crippen LogP contribution in [0.4, 0.5) is 11.4 Å². The van der Waals surface area contributed by atoms with Crippen LogP contribution in [0.2, 0.25) is 0 Å². The van der Waals surface area contributed by atoms with Crippen molar-refractivity contribution < 1.29 is 18.0 Å². The zero-order valence-corrected chi connectivity index (χ0v) is 17.5. The number of hydrogen-bond donors (Lipinski definition) is 2. The summed E-state index contributed by atoms with van der Waals surface area (Å²) in [5, 5.41) is 2.73. The Kier molecular flexibility index (Phi) is 5.77. The molecule has 1 aliphatic heterocycles. The van der Waals surface area contributed by atoms with E-state index in [-0.39, 0.29) is 16.7 Å². The van der Waals surface area contributed by atoms with Crippen molar-refractivity contribution in [3.63, 3.8) is 0 Å². The molecule has 2 aromatic rings. The molecule has 1 aliphatic rings. The van der Waals surface area contributed by atoms with Crippen LogP contribution in [-0.2, 0) is 14.8 Å². The van der Waals surface area contributed by atoms with E-state index in [1.54, 1.807) is 62.1 Å². The lowest BCUT2D eigenvalue weighted by Gasteiger charge is -2.20. The van der Waals surface area contributed by atoms with Crippen molar-refractivity contribution >= 4 is 33.2 Å². The molecule has 1 saturated heterocycles. The van der Waals surface area contributed by atoms with E-state index >= 15 is 0 Å². The first-order valence-electron chi connectivity index (χ1n) is 9.41. The molecule has 2 N–H and O–H groups in total. The largest absolute Gasteiger partial charge is 0.322 e. The van der Waals surface area contributed by atoms with Crippen LogP contribution < -0.4 is 14.9 Å². The van der Waals surface area contributed by atoms with Crippen LogP contribution in [-0.4, -0.2) is 32.3 Å². The number of amides is 2. The monoisotopic (exact) mass is 415 g/mol. The van der Waals surface area contributed by atoms with Gasteiger partial charge in [-0.3, -0.25) is 9.59 Å². The number of nitrogens with zero attached hydrogens (tertiary/aromatic N) is 1. The molecule has 0 spiro atoms. The predicted molar refractivity (Wildman–Crippen MR) is 112 cm³/mol. The van der Waals surface area contributed by atoms with E-state index in [1.165, 1.54) is 12.1 Å². The Labute approximate surface area is 171 Å². The van der Waals surface area contributed by atoms with Gasteiger partial charge in [0.25, 0.3) is 5.91 Å². The third kappa shape index (κ3) is 5.21. The zero-order valence-electron chi connectivity index (χ0n) is 16.7. The van der Waals surface area contributed by atoms with Crippen LogP contribution in [0.25, 0.3) is 0 Å². The molecular formula is C21H25N3O4S. The average molecular weight is 416 g/mol. The van der Waals surface area contributed by atoms with Gasteiger partial charge in [0.1, 0.15) is 0 Å². The number of anilines is 2. The number of sulfonamides is 1. The zero-order chi connectivity index (χ0) is 21.2. The molecule has 0 bridgehead atoms. The number of hydrogen-bond acceptors (Lipinski definition) is 4. The van der Waals surface area contributed by atoms with E-state index in [2.05, 4.69) is 10.0 Å². The van der Waals surface area contributed by atoms with Crippen molar-refractivity contribution in [2.45, 2.75) is 44.0 Å². The Balaban J connectivity index is 1.79. The average Bonchev–Trinajstić information content (AvgIpc) is 3.06. The van der Waals surface area contributed by atoms with Crippen LogP contribution in [0.5, 0.6) is 0 Å². The van der Waals surface area contributed by atoms with Crippen molar-refractivity contribution in [1.82, 2.24) is 4.72 Å². The van der Waals surface area contributed by atoms with E-state index in [9.17, 15) is 18.0 Å². The van der Waals surface area contributed by atoms with Crippen molar-refractivity contribution in [1.29, 1.82) is 0 Å². The molecule has 2 aromatic carbocycles. The van der Waals surface area contributed by atoms with Crippen LogP contribution in [0.15, 0.2) is 53.4 Å². The van der Waals surface area contributed by atoms with Crippen LogP contribution >= 0.6 is 0 Å². The number of rotatable bonds is 5. The highest BCUT2D eigenvalue weighted by Crippen LogP contribution is 2.23. The first-order valence-corrected chi connectivity index (χ1v) is 10.9. The summed E-state index contributed by atoms with van der Waals surface area (Å²) in [7, 11) is -3.71. The minimum absolute atomic E-state index is 0.0480. The highest BCUT2D eigenvalue weighted by atomic mass is 32.2. The molecule has 8 heteroatoms. The number of carbonyl (C=O) groups is 2. The summed E-state index contributed by atoms with van der Waals surface area (Å²) in [6.45, 7) is 5.92. The van der Waals surface area contributed by atoms with Gasteiger partial charge >= 0.3 is 0 Å². The van der Waals surface area contributed by atoms with Gasteiger partial charge in [-0.25, -0.2) is 13.1 Å². The fraction of sp³-hybridized carbons (Fsp3) is 0.333. The second-order valence-corrected chi connectivity index (χ2v) is 9.72. The van der Waals surface area contributed by atoms with Crippen molar-refractivity contribution in [3.05, 3.63) is 54.1 Å². The van der Waals surface area contributed by atoms with E-state index < -0.39 is 15.6 Å². The first-order chi connectivity index (χ1) is 13.5. The van der Waals surface area contributed by atoms with Gasteiger partial charge in [-0.1, -0.05) is 12.1 Å². The SMILES string of the molecule is CC(C)(C)NS(=O)(=O)c1cccc(NC(=O)c2cccc(N3CCCC3=O)c2)c1. The molecule has 0 saturated carbocycles. The van der Waals surface area contributed by atoms with E-state index in [0.29, 0.717) is 29.9 Å². The smallest absolute Gasteiger partial charge is 0.255 e. The molecule has 0 atom stereocenters. The molecule has 1 heterocycles. The maximum Gasteiger partial charge on any atom is 0.255 e. The fourth-order valence-corrected chi connectivity index (χ4v) is 4.61. The predicted octanol–water partition coefficient (Wildman–Crippen LogP) is 3.14. The van der Waals surface area contributed by atoms with Gasteiger partial charge in [-0.2, -0.15) is 0 Å². The standard InChI is InChI=1S/C21H25N3O4S/c1-21(2,3)23-29(27,28)18-10-5-8-16(14-18)22-20(26)15-7-4-9-17(13-15)24-12-6-11-19(24)25/h4-5,7-10,13-14,23H,6,11-12H2,1-3H3,(H,22,26). The number of carbonyl (C=O) groups excluding carboxylic acids is 2. The molecule has 154 valence electrons. The minimum atomic E-state index is -3.71. The molecule has 0 aromatic heterocycles. The summed E-state index contributed by atoms with van der Waals surface area (Å²) < 4.78 is 27.6. The molecule has 0 radical (unpaired) electrons. The third-order valence-electron chi connectivity index (χ3n) is 4.34. The molecule has 0 unspecified atom stereocenters. The van der Waals surface area contributed by atoms with Gasteiger partial charge in [0.15, 0.2) is 0 Å². The Morgan fingerprint density at radius 2 is 1.79 bits per heavy atom. The van der Waals surface area contributed by atoms with E-state index in [4.69, 9.17) is 0 Å². The number of benzene rings is 2.